The quantitative estimate of drug-likeness (QED) is 0.599. The Morgan fingerprint density at radius 1 is 1.07 bits per heavy atom. The first-order valence-corrected chi connectivity index (χ1v) is 9.78. The molecule has 2 heterocycles. The minimum atomic E-state index is -0.419. The first-order valence-electron chi connectivity index (χ1n) is 8.58. The smallest absolute Gasteiger partial charge is 0.285 e. The van der Waals surface area contributed by atoms with Gasteiger partial charge in [-0.05, 0) is 48.5 Å². The highest BCUT2D eigenvalue weighted by Gasteiger charge is 2.31. The Morgan fingerprint density at radius 2 is 1.83 bits per heavy atom. The van der Waals surface area contributed by atoms with E-state index in [1.165, 1.54) is 11.3 Å². The van der Waals surface area contributed by atoms with Crippen LogP contribution in [0.3, 0.4) is 0 Å². The van der Waals surface area contributed by atoms with Gasteiger partial charge in [-0.2, -0.15) is 10.1 Å². The van der Waals surface area contributed by atoms with Gasteiger partial charge in [-0.25, -0.2) is 0 Å². The standard InChI is InChI=1S/C21H14ClN3O3S/c22-14-8-10-16(11-9-14)25-21(27)18(13-17-7-4-12-28-17)29-20(24-25)19(26)23-15-5-2-1-3-6-15/h1-13H,(H,23,26). The fraction of sp³-hybridized carbons (Fsp3) is 0. The number of furan rings is 1. The Morgan fingerprint density at radius 3 is 2.52 bits per heavy atom. The number of nitrogens with zero attached hydrogens (tertiary/aromatic N) is 2. The Kier molecular flexibility index (Phi) is 5.50. The van der Waals surface area contributed by atoms with Gasteiger partial charge in [0.1, 0.15) is 5.76 Å². The van der Waals surface area contributed by atoms with Crippen molar-refractivity contribution in [1.82, 2.24) is 0 Å². The molecule has 0 fully saturated rings. The molecule has 0 saturated heterocycles. The summed E-state index contributed by atoms with van der Waals surface area (Å²) in [5, 5.41) is 8.90. The highest BCUT2D eigenvalue weighted by Crippen LogP contribution is 2.32. The molecule has 1 aliphatic heterocycles. The normalized spacial score (nSPS) is 15.3. The maximum Gasteiger partial charge on any atom is 0.285 e. The lowest BCUT2D eigenvalue weighted by Crippen LogP contribution is -2.35. The third-order valence-corrected chi connectivity index (χ3v) is 5.14. The topological polar surface area (TPSA) is 74.9 Å². The van der Waals surface area contributed by atoms with Crippen LogP contribution in [0.5, 0.6) is 0 Å². The second-order valence-corrected chi connectivity index (χ2v) is 7.41. The highest BCUT2D eigenvalue weighted by molar-refractivity contribution is 8.19. The molecule has 1 N–H and O–H groups in total. The zero-order valence-electron chi connectivity index (χ0n) is 14.9. The van der Waals surface area contributed by atoms with Crippen LogP contribution in [0.15, 0.2) is 87.4 Å². The van der Waals surface area contributed by atoms with Crippen LogP contribution >= 0.6 is 23.4 Å². The Bertz CT molecular complexity index is 1090. The zero-order valence-corrected chi connectivity index (χ0v) is 16.5. The minimum absolute atomic E-state index is 0.126. The van der Waals surface area contributed by atoms with E-state index in [0.717, 1.165) is 11.8 Å². The van der Waals surface area contributed by atoms with Crippen molar-refractivity contribution in [2.24, 2.45) is 5.10 Å². The number of para-hydroxylation sites is 1. The summed E-state index contributed by atoms with van der Waals surface area (Å²) in [5.41, 5.74) is 1.13. The molecule has 1 aliphatic rings. The van der Waals surface area contributed by atoms with Crippen molar-refractivity contribution in [3.05, 3.63) is 88.7 Å². The van der Waals surface area contributed by atoms with Gasteiger partial charge >= 0.3 is 0 Å². The molecular formula is C21H14ClN3O3S. The van der Waals surface area contributed by atoms with E-state index in [0.29, 0.717) is 27.1 Å². The van der Waals surface area contributed by atoms with E-state index >= 15 is 0 Å². The minimum Gasteiger partial charge on any atom is -0.465 e. The number of nitrogens with one attached hydrogen (secondary N) is 1. The van der Waals surface area contributed by atoms with E-state index in [-0.39, 0.29) is 11.0 Å². The molecule has 1 aromatic heterocycles. The van der Waals surface area contributed by atoms with E-state index in [4.69, 9.17) is 16.0 Å². The molecule has 29 heavy (non-hydrogen) atoms. The molecule has 4 rings (SSSR count). The predicted octanol–water partition coefficient (Wildman–Crippen LogP) is 5.01. The van der Waals surface area contributed by atoms with Gasteiger partial charge in [0.2, 0.25) is 0 Å². The summed E-state index contributed by atoms with van der Waals surface area (Å²) in [5.74, 6) is -0.287. The summed E-state index contributed by atoms with van der Waals surface area (Å²) in [6.45, 7) is 0. The van der Waals surface area contributed by atoms with Crippen molar-refractivity contribution < 1.29 is 14.0 Å². The van der Waals surface area contributed by atoms with Crippen LogP contribution in [0.25, 0.3) is 6.08 Å². The van der Waals surface area contributed by atoms with Crippen LogP contribution in [-0.2, 0) is 9.59 Å². The summed E-state index contributed by atoms with van der Waals surface area (Å²) < 4.78 is 5.31. The Balaban J connectivity index is 1.70. The van der Waals surface area contributed by atoms with Crippen LogP contribution in [0.2, 0.25) is 5.02 Å². The molecule has 0 atom stereocenters. The van der Waals surface area contributed by atoms with Gasteiger partial charge in [0.15, 0.2) is 5.04 Å². The summed E-state index contributed by atoms with van der Waals surface area (Å²) in [7, 11) is 0. The van der Waals surface area contributed by atoms with E-state index in [1.54, 1.807) is 54.6 Å². The van der Waals surface area contributed by atoms with Gasteiger partial charge in [-0.1, -0.05) is 41.6 Å². The van der Waals surface area contributed by atoms with E-state index in [1.807, 2.05) is 18.2 Å². The van der Waals surface area contributed by atoms with Crippen molar-refractivity contribution in [3.63, 3.8) is 0 Å². The molecule has 8 heteroatoms. The second kappa shape index (κ2) is 8.38. The molecule has 0 aliphatic carbocycles. The van der Waals surface area contributed by atoms with Gasteiger partial charge in [0, 0.05) is 16.8 Å². The molecule has 3 aromatic rings. The number of carbonyl (C=O) groups excluding carboxylic acids is 2. The number of halogens is 1. The van der Waals surface area contributed by atoms with Gasteiger partial charge in [-0.15, -0.1) is 0 Å². The van der Waals surface area contributed by atoms with Gasteiger partial charge < -0.3 is 9.73 Å². The fourth-order valence-electron chi connectivity index (χ4n) is 2.56. The summed E-state index contributed by atoms with van der Waals surface area (Å²) in [4.78, 5) is 26.1. The van der Waals surface area contributed by atoms with Gasteiger partial charge in [-0.3, -0.25) is 9.59 Å². The van der Waals surface area contributed by atoms with Crippen molar-refractivity contribution in [3.8, 4) is 0 Å². The maximum absolute atomic E-state index is 13.0. The lowest BCUT2D eigenvalue weighted by molar-refractivity contribution is -0.114. The zero-order chi connectivity index (χ0) is 20.2. The van der Waals surface area contributed by atoms with Crippen LogP contribution in [0.1, 0.15) is 5.76 Å². The van der Waals surface area contributed by atoms with Gasteiger partial charge in [0.25, 0.3) is 11.8 Å². The average molecular weight is 424 g/mol. The first-order chi connectivity index (χ1) is 14.1. The summed E-state index contributed by atoms with van der Waals surface area (Å²) in [6.07, 6.45) is 3.10. The van der Waals surface area contributed by atoms with Crippen LogP contribution < -0.4 is 10.3 Å². The Hall–Kier alpha value is -3.29. The van der Waals surface area contributed by atoms with Crippen molar-refractivity contribution >= 4 is 57.7 Å². The Labute approximate surface area is 175 Å². The van der Waals surface area contributed by atoms with Crippen LogP contribution in [0, 0.1) is 0 Å². The van der Waals surface area contributed by atoms with Crippen molar-refractivity contribution in [2.75, 3.05) is 10.3 Å². The molecule has 0 saturated carbocycles. The number of thioether (sulfide) groups is 1. The number of rotatable bonds is 4. The molecule has 0 radical (unpaired) electrons. The molecule has 0 unspecified atom stereocenters. The highest BCUT2D eigenvalue weighted by atomic mass is 35.5. The summed E-state index contributed by atoms with van der Waals surface area (Å²) in [6, 6.07) is 19.1. The number of hydrogen-bond acceptors (Lipinski definition) is 5. The third kappa shape index (κ3) is 4.42. The molecule has 0 spiro atoms. The first kappa shape index (κ1) is 19.0. The second-order valence-electron chi connectivity index (χ2n) is 5.94. The fourth-order valence-corrected chi connectivity index (χ4v) is 3.51. The predicted molar refractivity (Wildman–Crippen MR) is 116 cm³/mol. The average Bonchev–Trinajstić information content (AvgIpc) is 3.24. The largest absolute Gasteiger partial charge is 0.465 e. The number of amides is 2. The number of carbonyl (C=O) groups is 2. The van der Waals surface area contributed by atoms with Crippen molar-refractivity contribution in [2.45, 2.75) is 0 Å². The molecular weight excluding hydrogens is 410 g/mol. The maximum atomic E-state index is 13.0. The van der Waals surface area contributed by atoms with E-state index in [2.05, 4.69) is 10.4 Å². The van der Waals surface area contributed by atoms with E-state index in [9.17, 15) is 9.59 Å². The lowest BCUT2D eigenvalue weighted by atomic mass is 10.3. The molecule has 6 nitrogen and oxygen atoms in total. The van der Waals surface area contributed by atoms with Crippen LogP contribution in [0.4, 0.5) is 11.4 Å². The molecule has 0 bridgehead atoms. The SMILES string of the molecule is O=C(Nc1ccccc1)C1=NN(c2ccc(Cl)cc2)C(=O)C(=Cc2ccco2)S1. The lowest BCUT2D eigenvalue weighted by Gasteiger charge is -2.24. The van der Waals surface area contributed by atoms with Crippen molar-refractivity contribution in [1.29, 1.82) is 0 Å². The third-order valence-electron chi connectivity index (χ3n) is 3.91. The van der Waals surface area contributed by atoms with E-state index < -0.39 is 5.91 Å². The molecule has 144 valence electrons. The van der Waals surface area contributed by atoms with Gasteiger partial charge in [0.05, 0.1) is 16.9 Å². The monoisotopic (exact) mass is 423 g/mol. The summed E-state index contributed by atoms with van der Waals surface area (Å²) >= 11 is 6.94. The number of benzene rings is 2. The molecule has 2 aromatic carbocycles. The molecule has 2 amide bonds. The number of anilines is 2. The number of hydrazone groups is 1. The van der Waals surface area contributed by atoms with Crippen LogP contribution in [-0.4, -0.2) is 16.9 Å². The number of hydrogen-bond donors (Lipinski definition) is 1.